The van der Waals surface area contributed by atoms with E-state index in [4.69, 9.17) is 15.0 Å². The Morgan fingerprint density at radius 3 is 2.31 bits per heavy atom. The highest BCUT2D eigenvalue weighted by Gasteiger charge is 2.46. The van der Waals surface area contributed by atoms with Gasteiger partial charge in [-0.05, 0) is 77.1 Å². The lowest BCUT2D eigenvalue weighted by Gasteiger charge is -2.34. The highest BCUT2D eigenvalue weighted by Crippen LogP contribution is 2.57. The summed E-state index contributed by atoms with van der Waals surface area (Å²) in [6.07, 6.45) is 17.6. The van der Waals surface area contributed by atoms with Crippen molar-refractivity contribution < 1.29 is 0 Å². The van der Waals surface area contributed by atoms with Crippen molar-refractivity contribution in [2.45, 2.75) is 32.2 Å². The normalized spacial score (nSPS) is 18.5. The van der Waals surface area contributed by atoms with E-state index in [0.717, 1.165) is 34.4 Å². The van der Waals surface area contributed by atoms with Gasteiger partial charge in [0.2, 0.25) is 0 Å². The van der Waals surface area contributed by atoms with Crippen molar-refractivity contribution in [3.63, 3.8) is 0 Å². The predicted octanol–water partition coefficient (Wildman–Crippen LogP) is 11.3. The summed E-state index contributed by atoms with van der Waals surface area (Å²) in [7, 11) is 0. The molecular formula is C48H42N4. The minimum Gasteiger partial charge on any atom is -0.261 e. The third kappa shape index (κ3) is 6.52. The van der Waals surface area contributed by atoms with Crippen LogP contribution in [0.2, 0.25) is 0 Å². The molecule has 2 aliphatic carbocycles. The van der Waals surface area contributed by atoms with Crippen LogP contribution in [0.5, 0.6) is 0 Å². The molecule has 7 rings (SSSR count). The number of aliphatic imine (C=N–C) groups is 3. The van der Waals surface area contributed by atoms with Crippen LogP contribution in [0, 0.1) is 5.92 Å². The predicted molar refractivity (Wildman–Crippen MR) is 219 cm³/mol. The molecule has 0 spiro atoms. The highest BCUT2D eigenvalue weighted by atomic mass is 15.0. The van der Waals surface area contributed by atoms with Gasteiger partial charge in [-0.25, -0.2) is 9.98 Å². The number of fused-ring (bicyclic) bond motifs is 3. The van der Waals surface area contributed by atoms with Crippen molar-refractivity contribution in [3.8, 4) is 22.4 Å². The summed E-state index contributed by atoms with van der Waals surface area (Å²) in [6.45, 7) is 12.6. The van der Waals surface area contributed by atoms with E-state index in [-0.39, 0.29) is 0 Å². The zero-order valence-electron chi connectivity index (χ0n) is 29.8. The lowest BCUT2D eigenvalue weighted by Crippen LogP contribution is -2.29. The third-order valence-electron chi connectivity index (χ3n) is 9.83. The van der Waals surface area contributed by atoms with Crippen LogP contribution in [0.1, 0.15) is 48.1 Å². The first kappa shape index (κ1) is 34.2. The van der Waals surface area contributed by atoms with Gasteiger partial charge in [-0.3, -0.25) is 9.98 Å². The van der Waals surface area contributed by atoms with Crippen molar-refractivity contribution >= 4 is 18.4 Å². The molecule has 254 valence electrons. The van der Waals surface area contributed by atoms with Crippen LogP contribution in [0.25, 0.3) is 22.4 Å². The Bertz CT molecular complexity index is 2290. The fraction of sp³-hybridized carbons (Fsp3) is 0.125. The van der Waals surface area contributed by atoms with E-state index in [1.807, 2.05) is 42.6 Å². The number of hydrogen-bond acceptors (Lipinski definition) is 2. The zero-order chi connectivity index (χ0) is 35.9. The van der Waals surface area contributed by atoms with E-state index in [0.29, 0.717) is 24.1 Å². The first-order chi connectivity index (χ1) is 25.6. The van der Waals surface area contributed by atoms with E-state index < -0.39 is 5.41 Å². The molecule has 0 bridgehead atoms. The Labute approximate surface area is 307 Å². The first-order valence-corrected chi connectivity index (χ1v) is 17.8. The third-order valence-corrected chi connectivity index (χ3v) is 9.83. The highest BCUT2D eigenvalue weighted by molar-refractivity contribution is 6.13. The number of pyridine rings is 1. The maximum absolute atomic E-state index is 4.96. The van der Waals surface area contributed by atoms with E-state index in [9.17, 15) is 0 Å². The van der Waals surface area contributed by atoms with Crippen LogP contribution in [0.4, 0.5) is 0 Å². The average Bonchev–Trinajstić information content (AvgIpc) is 3.49. The largest absolute Gasteiger partial charge is 0.261 e. The smallest absolute Gasteiger partial charge is 0.160 e. The molecule has 0 saturated carbocycles. The second-order valence-electron chi connectivity index (χ2n) is 13.2. The van der Waals surface area contributed by atoms with Crippen LogP contribution in [0.15, 0.2) is 197 Å². The standard InChI is InChI=1S/C48H42N4/c1-5-15-39(16-6-2)48(40-19-11-8-12-20-40)43-22-14-13-21-41(43)42-31-38(28-29-44(42)48)45-30-25-35(32-50-45)33-51-47(36-17-9-7-10-18-36)52-46(49-4)37-26-23-34(3)24-27-37/h5-23,25-32,34H,1,4,24,33H2,2-3H3/b16-6-,39-15+,51-47?,52-46?. The number of amidine groups is 2. The summed E-state index contributed by atoms with van der Waals surface area (Å²) in [4.78, 5) is 19.1. The Balaban J connectivity index is 1.24. The van der Waals surface area contributed by atoms with Crippen molar-refractivity contribution in [2.75, 3.05) is 0 Å². The SMILES string of the molecule is C=C/C=C(\C=C/C)C1(c2ccccc2)c2ccccc2-c2cc(-c3ccc(CN=C(N=C(N=C)C4=CCC(C)C=C4)c4ccccc4)cn3)ccc21. The maximum atomic E-state index is 4.96. The second kappa shape index (κ2) is 15.3. The van der Waals surface area contributed by atoms with Gasteiger partial charge >= 0.3 is 0 Å². The Morgan fingerprint density at radius 1 is 0.865 bits per heavy atom. The van der Waals surface area contributed by atoms with E-state index in [1.165, 1.54) is 33.4 Å². The summed E-state index contributed by atoms with van der Waals surface area (Å²) in [5, 5.41) is 0. The molecule has 0 N–H and O–H groups in total. The molecule has 5 aromatic rings. The Hall–Kier alpha value is -6.26. The number of rotatable bonds is 9. The average molecular weight is 675 g/mol. The Kier molecular flexibility index (Phi) is 10.1. The van der Waals surface area contributed by atoms with Gasteiger partial charge in [-0.1, -0.05) is 159 Å². The number of benzene rings is 4. The van der Waals surface area contributed by atoms with Crippen molar-refractivity contribution in [1.82, 2.24) is 4.98 Å². The fourth-order valence-corrected chi connectivity index (χ4v) is 7.35. The summed E-state index contributed by atoms with van der Waals surface area (Å²) >= 11 is 0. The van der Waals surface area contributed by atoms with E-state index >= 15 is 0 Å². The van der Waals surface area contributed by atoms with Crippen molar-refractivity contribution in [1.29, 1.82) is 0 Å². The lowest BCUT2D eigenvalue weighted by atomic mass is 9.67. The minimum absolute atomic E-state index is 0.428. The van der Waals surface area contributed by atoms with Gasteiger partial charge in [0, 0.05) is 22.9 Å². The zero-order valence-corrected chi connectivity index (χ0v) is 29.8. The van der Waals surface area contributed by atoms with Gasteiger partial charge < -0.3 is 0 Å². The molecule has 2 atom stereocenters. The molecule has 2 unspecified atom stereocenters. The van der Waals surface area contributed by atoms with Gasteiger partial charge in [-0.15, -0.1) is 0 Å². The molecular weight excluding hydrogens is 633 g/mol. The number of hydrogen-bond donors (Lipinski definition) is 0. The molecule has 0 saturated heterocycles. The minimum atomic E-state index is -0.482. The van der Waals surface area contributed by atoms with Crippen LogP contribution < -0.4 is 0 Å². The van der Waals surface area contributed by atoms with Gasteiger partial charge in [0.15, 0.2) is 11.7 Å². The molecule has 0 aliphatic heterocycles. The monoisotopic (exact) mass is 674 g/mol. The molecule has 4 nitrogen and oxygen atoms in total. The van der Waals surface area contributed by atoms with E-state index in [2.05, 4.69) is 154 Å². The number of aromatic nitrogens is 1. The van der Waals surface area contributed by atoms with Gasteiger partial charge in [0.1, 0.15) is 0 Å². The van der Waals surface area contributed by atoms with Gasteiger partial charge in [0.05, 0.1) is 17.7 Å². The molecule has 0 radical (unpaired) electrons. The second-order valence-corrected chi connectivity index (χ2v) is 13.2. The van der Waals surface area contributed by atoms with Crippen LogP contribution in [0.3, 0.4) is 0 Å². The van der Waals surface area contributed by atoms with Crippen molar-refractivity contribution in [2.24, 2.45) is 20.9 Å². The fourth-order valence-electron chi connectivity index (χ4n) is 7.35. The van der Waals surface area contributed by atoms with Gasteiger partial charge in [0.25, 0.3) is 0 Å². The summed E-state index contributed by atoms with van der Waals surface area (Å²) in [5.74, 6) is 1.69. The molecule has 1 heterocycles. The summed E-state index contributed by atoms with van der Waals surface area (Å²) < 4.78 is 0. The molecule has 4 aromatic carbocycles. The molecule has 0 fully saturated rings. The molecule has 2 aliphatic rings. The topological polar surface area (TPSA) is 50.0 Å². The molecule has 0 amide bonds. The quantitative estimate of drug-likeness (QED) is 0.0872. The number of nitrogens with zero attached hydrogens (tertiary/aromatic N) is 4. The first-order valence-electron chi connectivity index (χ1n) is 17.8. The van der Waals surface area contributed by atoms with Crippen LogP contribution >= 0.6 is 0 Å². The lowest BCUT2D eigenvalue weighted by molar-refractivity contribution is 0.734. The van der Waals surface area contributed by atoms with Crippen LogP contribution in [-0.4, -0.2) is 23.4 Å². The molecule has 52 heavy (non-hydrogen) atoms. The van der Waals surface area contributed by atoms with E-state index in [1.54, 1.807) is 0 Å². The Morgan fingerprint density at radius 2 is 1.62 bits per heavy atom. The summed E-state index contributed by atoms with van der Waals surface area (Å²) in [5.41, 5.74) is 11.7. The molecule has 4 heteroatoms. The van der Waals surface area contributed by atoms with Crippen molar-refractivity contribution in [3.05, 3.63) is 210 Å². The molecule has 1 aromatic heterocycles. The van der Waals surface area contributed by atoms with Crippen LogP contribution in [-0.2, 0) is 12.0 Å². The van der Waals surface area contributed by atoms with Gasteiger partial charge in [-0.2, -0.15) is 0 Å². The maximum Gasteiger partial charge on any atom is 0.160 e. The summed E-state index contributed by atoms with van der Waals surface area (Å²) in [6, 6.07) is 40.5. The number of allylic oxidation sites excluding steroid dienone is 7.